The van der Waals surface area contributed by atoms with Gasteiger partial charge in [0.05, 0.1) is 10.2 Å². The van der Waals surface area contributed by atoms with Crippen molar-refractivity contribution in [3.05, 3.63) is 57.5 Å². The Labute approximate surface area is 157 Å². The first-order valence-corrected chi connectivity index (χ1v) is 8.86. The van der Waals surface area contributed by atoms with Gasteiger partial charge in [-0.05, 0) is 52.4 Å². The molecule has 0 amide bonds. The van der Waals surface area contributed by atoms with Crippen molar-refractivity contribution >= 4 is 28.1 Å². The van der Waals surface area contributed by atoms with Crippen LogP contribution in [0.3, 0.4) is 0 Å². The Kier molecular flexibility index (Phi) is 4.46. The second-order valence-corrected chi connectivity index (χ2v) is 6.57. The van der Waals surface area contributed by atoms with Gasteiger partial charge in [-0.15, -0.1) is 0 Å². The Morgan fingerprint density at radius 1 is 1.16 bits per heavy atom. The normalized spacial score (nSPS) is 12.8. The summed E-state index contributed by atoms with van der Waals surface area (Å²) >= 11 is 8.84. The summed E-state index contributed by atoms with van der Waals surface area (Å²) < 4.78 is 20.3. The van der Waals surface area contributed by atoms with Crippen molar-refractivity contribution in [1.29, 1.82) is 0 Å². The number of H-pyrrole nitrogens is 1. The van der Waals surface area contributed by atoms with E-state index in [0.717, 1.165) is 21.7 Å². The third-order valence-electron chi connectivity index (χ3n) is 3.72. The molecule has 0 fully saturated rings. The summed E-state index contributed by atoms with van der Waals surface area (Å²) in [6, 6.07) is 13.3. The Bertz CT molecular complexity index is 970. The Balaban J connectivity index is 1.64. The van der Waals surface area contributed by atoms with Gasteiger partial charge in [-0.25, -0.2) is 0 Å². The highest BCUT2D eigenvalue weighted by Gasteiger charge is 2.15. The van der Waals surface area contributed by atoms with Gasteiger partial charge in [0, 0.05) is 6.07 Å². The van der Waals surface area contributed by atoms with Crippen LogP contribution in [0.2, 0.25) is 0 Å². The van der Waals surface area contributed by atoms with E-state index < -0.39 is 0 Å². The Hall–Kier alpha value is -2.32. The molecule has 4 rings (SSSR count). The van der Waals surface area contributed by atoms with Gasteiger partial charge in [-0.1, -0.05) is 12.1 Å². The molecule has 128 valence electrons. The zero-order valence-electron chi connectivity index (χ0n) is 13.1. The molecule has 1 aliphatic heterocycles. The molecule has 3 aromatic rings. The summed E-state index contributed by atoms with van der Waals surface area (Å²) in [6.45, 7) is 1.36. The van der Waals surface area contributed by atoms with Crippen LogP contribution in [0, 0.1) is 4.77 Å². The maximum Gasteiger partial charge on any atom is 0.199 e. The molecule has 2 aromatic carbocycles. The van der Waals surface area contributed by atoms with E-state index in [1.54, 1.807) is 0 Å². The first kappa shape index (κ1) is 16.2. The highest BCUT2D eigenvalue weighted by Crippen LogP contribution is 2.32. The molecule has 1 aromatic heterocycles. The first-order valence-electron chi connectivity index (χ1n) is 7.66. The van der Waals surface area contributed by atoms with Crippen molar-refractivity contribution < 1.29 is 14.2 Å². The van der Waals surface area contributed by atoms with E-state index in [1.807, 2.05) is 47.0 Å². The molecule has 0 bridgehead atoms. The van der Waals surface area contributed by atoms with Crippen LogP contribution in [-0.2, 0) is 6.61 Å². The van der Waals surface area contributed by atoms with Crippen molar-refractivity contribution in [3.8, 4) is 22.9 Å². The molecule has 0 atom stereocenters. The van der Waals surface area contributed by atoms with E-state index in [2.05, 4.69) is 26.1 Å². The lowest BCUT2D eigenvalue weighted by Crippen LogP contribution is -2.15. The van der Waals surface area contributed by atoms with E-state index >= 15 is 0 Å². The molecule has 0 radical (unpaired) electrons. The predicted molar refractivity (Wildman–Crippen MR) is 98.2 cm³/mol. The highest BCUT2D eigenvalue weighted by atomic mass is 79.9. The molecule has 2 heterocycles. The Morgan fingerprint density at radius 2 is 1.96 bits per heavy atom. The van der Waals surface area contributed by atoms with Crippen molar-refractivity contribution in [2.24, 2.45) is 0 Å². The molecule has 1 N–H and O–H groups in total. The second-order valence-electron chi connectivity index (χ2n) is 5.33. The van der Waals surface area contributed by atoms with Gasteiger partial charge in [-0.3, -0.25) is 9.67 Å². The minimum atomic E-state index is 0.268. The van der Waals surface area contributed by atoms with Gasteiger partial charge in [-0.2, -0.15) is 5.10 Å². The van der Waals surface area contributed by atoms with E-state index in [4.69, 9.17) is 26.4 Å². The van der Waals surface area contributed by atoms with Crippen molar-refractivity contribution in [2.75, 3.05) is 13.2 Å². The molecule has 25 heavy (non-hydrogen) atoms. The van der Waals surface area contributed by atoms with Crippen LogP contribution >= 0.6 is 28.1 Å². The fourth-order valence-corrected chi connectivity index (χ4v) is 3.22. The van der Waals surface area contributed by atoms with Crippen molar-refractivity contribution in [1.82, 2.24) is 14.8 Å². The van der Waals surface area contributed by atoms with Crippen LogP contribution in [0.15, 0.2) is 46.9 Å². The summed E-state index contributed by atoms with van der Waals surface area (Å²) in [5, 5.41) is 7.10. The molecule has 0 spiro atoms. The monoisotopic (exact) mass is 419 g/mol. The summed E-state index contributed by atoms with van der Waals surface area (Å²) in [4.78, 5) is 0. The molecule has 8 heteroatoms. The van der Waals surface area contributed by atoms with Crippen LogP contribution in [0.4, 0.5) is 0 Å². The lowest BCUT2D eigenvalue weighted by molar-refractivity contribution is 0.171. The summed E-state index contributed by atoms with van der Waals surface area (Å²) in [5.41, 5.74) is 0.841. The number of hydrogen-bond donors (Lipinski definition) is 1. The molecular weight excluding hydrogens is 406 g/mol. The summed E-state index contributed by atoms with van der Waals surface area (Å²) in [5.74, 6) is 2.84. The highest BCUT2D eigenvalue weighted by molar-refractivity contribution is 9.10. The molecule has 0 saturated carbocycles. The number of fused-ring (bicyclic) bond motifs is 1. The number of aromatic nitrogens is 3. The van der Waals surface area contributed by atoms with Gasteiger partial charge in [0.1, 0.15) is 25.6 Å². The number of benzene rings is 2. The zero-order chi connectivity index (χ0) is 17.2. The minimum Gasteiger partial charge on any atom is -0.486 e. The molecular formula is C17H14BrN3O3S. The van der Waals surface area contributed by atoms with Crippen LogP contribution < -0.4 is 14.2 Å². The first-order chi connectivity index (χ1) is 12.2. The van der Waals surface area contributed by atoms with Crippen LogP contribution in [-0.4, -0.2) is 28.0 Å². The summed E-state index contributed by atoms with van der Waals surface area (Å²) in [6.07, 6.45) is 0. The smallest absolute Gasteiger partial charge is 0.199 e. The topological polar surface area (TPSA) is 61.3 Å². The van der Waals surface area contributed by atoms with Gasteiger partial charge in [0.25, 0.3) is 0 Å². The third kappa shape index (κ3) is 3.27. The zero-order valence-corrected chi connectivity index (χ0v) is 15.5. The van der Waals surface area contributed by atoms with Gasteiger partial charge in [0.15, 0.2) is 22.1 Å². The molecule has 0 saturated heterocycles. The fourth-order valence-electron chi connectivity index (χ4n) is 2.57. The van der Waals surface area contributed by atoms with E-state index in [1.165, 1.54) is 0 Å². The third-order valence-corrected chi connectivity index (χ3v) is 4.65. The van der Waals surface area contributed by atoms with E-state index in [0.29, 0.717) is 29.6 Å². The van der Waals surface area contributed by atoms with E-state index in [-0.39, 0.29) is 6.61 Å². The maximum atomic E-state index is 5.86. The number of halogens is 1. The molecule has 1 aliphatic rings. The Morgan fingerprint density at radius 3 is 2.80 bits per heavy atom. The van der Waals surface area contributed by atoms with Gasteiger partial charge >= 0.3 is 0 Å². The van der Waals surface area contributed by atoms with Crippen molar-refractivity contribution in [3.63, 3.8) is 0 Å². The lowest BCUT2D eigenvalue weighted by atomic mass is 10.2. The number of para-hydroxylation sites is 1. The number of rotatable bonds is 4. The summed E-state index contributed by atoms with van der Waals surface area (Å²) in [7, 11) is 0. The fraction of sp³-hybridized carbons (Fsp3) is 0.176. The van der Waals surface area contributed by atoms with Crippen LogP contribution in [0.1, 0.15) is 5.82 Å². The molecule has 0 aliphatic carbocycles. The lowest BCUT2D eigenvalue weighted by Gasteiger charge is -2.19. The number of nitrogens with one attached hydrogen (secondary N) is 1. The average Bonchev–Trinajstić information content (AvgIpc) is 3.01. The minimum absolute atomic E-state index is 0.268. The quantitative estimate of drug-likeness (QED) is 0.646. The molecule has 0 unspecified atom stereocenters. The molecule has 6 nitrogen and oxygen atoms in total. The predicted octanol–water partition coefficient (Wildman–Crippen LogP) is 4.04. The SMILES string of the molecule is S=c1[nH]nc(COc2ccccc2Br)n1-c1ccc2c(c1)OCCO2. The number of nitrogens with zero attached hydrogens (tertiary/aromatic N) is 2. The number of aromatic amines is 1. The van der Waals surface area contributed by atoms with Gasteiger partial charge < -0.3 is 14.2 Å². The van der Waals surface area contributed by atoms with Crippen LogP contribution in [0.25, 0.3) is 5.69 Å². The average molecular weight is 420 g/mol. The second kappa shape index (κ2) is 6.89. The maximum absolute atomic E-state index is 5.86. The van der Waals surface area contributed by atoms with E-state index in [9.17, 15) is 0 Å². The number of ether oxygens (including phenoxy) is 3. The van der Waals surface area contributed by atoms with Gasteiger partial charge in [0.2, 0.25) is 0 Å². The number of hydrogen-bond acceptors (Lipinski definition) is 5. The van der Waals surface area contributed by atoms with Crippen LogP contribution in [0.5, 0.6) is 17.2 Å². The van der Waals surface area contributed by atoms with Crippen molar-refractivity contribution in [2.45, 2.75) is 6.61 Å². The standard InChI is InChI=1S/C17H14BrN3O3S/c18-12-3-1-2-4-13(12)24-10-16-19-20-17(25)21(16)11-5-6-14-15(9-11)23-8-7-22-14/h1-6,9H,7-8,10H2,(H,20,25). The largest absolute Gasteiger partial charge is 0.486 e.